The Labute approximate surface area is 262 Å². The van der Waals surface area contributed by atoms with E-state index in [2.05, 4.69) is 52.7 Å². The predicted octanol–water partition coefficient (Wildman–Crippen LogP) is 4.30. The van der Waals surface area contributed by atoms with Crippen molar-refractivity contribution in [2.75, 3.05) is 78.2 Å². The first-order valence-corrected chi connectivity index (χ1v) is 16.5. The van der Waals surface area contributed by atoms with Crippen molar-refractivity contribution in [1.82, 2.24) is 10.2 Å². The van der Waals surface area contributed by atoms with Crippen LogP contribution in [0.1, 0.15) is 60.8 Å². The molecule has 2 aromatic carbocycles. The van der Waals surface area contributed by atoms with Crippen LogP contribution in [-0.2, 0) is 30.3 Å². The molecule has 0 aromatic heterocycles. The molecular weight excluding hydrogens is 558 g/mol. The lowest BCUT2D eigenvalue weighted by molar-refractivity contribution is -0.139. The number of rotatable bonds is 14. The Bertz CT molecular complexity index is 1220. The Morgan fingerprint density at radius 3 is 2.50 bits per heavy atom. The summed E-state index contributed by atoms with van der Waals surface area (Å²) in [5.74, 6) is 1.61. The normalized spacial score (nSPS) is 24.2. The minimum absolute atomic E-state index is 0.00917. The van der Waals surface area contributed by atoms with E-state index in [1.807, 2.05) is 4.90 Å². The average Bonchev–Trinajstić information content (AvgIpc) is 3.74. The van der Waals surface area contributed by atoms with Gasteiger partial charge in [-0.2, -0.15) is 0 Å². The van der Waals surface area contributed by atoms with Crippen LogP contribution in [0.3, 0.4) is 0 Å². The smallest absolute Gasteiger partial charge is 0.248 e. The molecule has 240 valence electrons. The maximum absolute atomic E-state index is 12.9. The monoisotopic (exact) mass is 607 g/mol. The second-order valence-electron chi connectivity index (χ2n) is 12.6. The van der Waals surface area contributed by atoms with E-state index < -0.39 is 0 Å². The molecule has 4 atom stereocenters. The molecule has 0 spiro atoms. The summed E-state index contributed by atoms with van der Waals surface area (Å²) in [6.07, 6.45) is 5.43. The van der Waals surface area contributed by atoms with Crippen LogP contribution in [0.25, 0.3) is 0 Å². The minimum atomic E-state index is -0.180. The van der Waals surface area contributed by atoms with E-state index >= 15 is 0 Å². The van der Waals surface area contributed by atoms with E-state index in [1.165, 1.54) is 24.0 Å². The van der Waals surface area contributed by atoms with Gasteiger partial charge in [-0.05, 0) is 66.8 Å². The molecule has 1 N–H and O–H groups in total. The summed E-state index contributed by atoms with van der Waals surface area (Å²) in [5.41, 5.74) is 4.62. The van der Waals surface area contributed by atoms with Crippen LogP contribution in [-0.4, -0.2) is 96.3 Å². The number of hydrogen-bond acceptors (Lipinski definition) is 8. The molecule has 1 amide bonds. The number of ether oxygens (including phenoxy) is 5. The molecular formula is C35H49N3O6. The summed E-state index contributed by atoms with van der Waals surface area (Å²) in [7, 11) is 3.55. The Hall–Kier alpha value is -2.69. The highest BCUT2D eigenvalue weighted by Crippen LogP contribution is 2.43. The van der Waals surface area contributed by atoms with E-state index in [0.717, 1.165) is 69.0 Å². The fraction of sp³-hybridized carbons (Fsp3) is 0.629. The Kier molecular flexibility index (Phi) is 10.7. The zero-order valence-electron chi connectivity index (χ0n) is 26.4. The topological polar surface area (TPSA) is 81.7 Å². The summed E-state index contributed by atoms with van der Waals surface area (Å²) in [5, 5.41) is 3.53. The first kappa shape index (κ1) is 31.3. The third-order valence-electron chi connectivity index (χ3n) is 9.55. The van der Waals surface area contributed by atoms with Crippen molar-refractivity contribution in [3.8, 4) is 5.75 Å². The van der Waals surface area contributed by atoms with Crippen molar-refractivity contribution in [3.63, 3.8) is 0 Å². The van der Waals surface area contributed by atoms with Gasteiger partial charge in [-0.1, -0.05) is 30.3 Å². The minimum Gasteiger partial charge on any atom is -0.490 e. The van der Waals surface area contributed by atoms with Crippen LogP contribution in [0.5, 0.6) is 5.75 Å². The Morgan fingerprint density at radius 1 is 1.00 bits per heavy atom. The number of benzene rings is 2. The number of anilines is 1. The van der Waals surface area contributed by atoms with E-state index in [9.17, 15) is 4.79 Å². The lowest BCUT2D eigenvalue weighted by Crippen LogP contribution is -2.51. The number of methoxy groups -OCH3 is 2. The van der Waals surface area contributed by atoms with Gasteiger partial charge in [-0.25, -0.2) is 0 Å². The molecule has 9 heteroatoms. The van der Waals surface area contributed by atoms with Crippen LogP contribution >= 0.6 is 0 Å². The van der Waals surface area contributed by atoms with Gasteiger partial charge < -0.3 is 38.8 Å². The Balaban J connectivity index is 1.17. The molecule has 2 saturated heterocycles. The fourth-order valence-electron chi connectivity index (χ4n) is 7.00. The van der Waals surface area contributed by atoms with Gasteiger partial charge in [-0.15, -0.1) is 0 Å². The quantitative estimate of drug-likeness (QED) is 0.319. The summed E-state index contributed by atoms with van der Waals surface area (Å²) in [6, 6.07) is 15.2. The summed E-state index contributed by atoms with van der Waals surface area (Å²) < 4.78 is 30.2. The van der Waals surface area contributed by atoms with Gasteiger partial charge in [0.25, 0.3) is 0 Å². The molecule has 0 bridgehead atoms. The summed E-state index contributed by atoms with van der Waals surface area (Å²) in [4.78, 5) is 17.2. The maximum Gasteiger partial charge on any atom is 0.248 e. The zero-order chi connectivity index (χ0) is 30.3. The van der Waals surface area contributed by atoms with Crippen molar-refractivity contribution >= 4 is 11.6 Å². The summed E-state index contributed by atoms with van der Waals surface area (Å²) >= 11 is 0. The molecule has 1 saturated carbocycles. The molecule has 1 unspecified atom stereocenters. The van der Waals surface area contributed by atoms with Crippen molar-refractivity contribution < 1.29 is 28.5 Å². The first-order chi connectivity index (χ1) is 21.6. The van der Waals surface area contributed by atoms with Crippen molar-refractivity contribution in [2.24, 2.45) is 5.92 Å². The largest absolute Gasteiger partial charge is 0.490 e. The van der Waals surface area contributed by atoms with Gasteiger partial charge in [0.1, 0.15) is 19.0 Å². The maximum atomic E-state index is 12.9. The average molecular weight is 608 g/mol. The number of nitrogens with one attached hydrogen (secondary N) is 1. The number of nitrogens with zero attached hydrogens (tertiary/aromatic N) is 2. The van der Waals surface area contributed by atoms with Crippen LogP contribution in [0.15, 0.2) is 42.5 Å². The van der Waals surface area contributed by atoms with Gasteiger partial charge in [0.15, 0.2) is 0 Å². The van der Waals surface area contributed by atoms with E-state index in [1.54, 1.807) is 14.2 Å². The van der Waals surface area contributed by atoms with E-state index in [4.69, 9.17) is 23.7 Å². The lowest BCUT2D eigenvalue weighted by atomic mass is 9.84. The van der Waals surface area contributed by atoms with Gasteiger partial charge in [0, 0.05) is 59.5 Å². The highest BCUT2D eigenvalue weighted by atomic mass is 16.5. The predicted molar refractivity (Wildman–Crippen MR) is 169 cm³/mol. The zero-order valence-corrected chi connectivity index (χ0v) is 26.4. The number of fused-ring (bicyclic) bond motifs is 1. The van der Waals surface area contributed by atoms with E-state index in [0.29, 0.717) is 32.2 Å². The number of carbonyl (C=O) groups is 1. The number of piperidine rings is 1. The first-order valence-electron chi connectivity index (χ1n) is 16.5. The molecule has 0 radical (unpaired) electrons. The fourth-order valence-corrected chi connectivity index (χ4v) is 7.00. The number of likely N-dealkylation sites (tertiary alicyclic amines) is 1. The van der Waals surface area contributed by atoms with Crippen molar-refractivity contribution in [3.05, 3.63) is 59.2 Å². The van der Waals surface area contributed by atoms with Crippen LogP contribution in [0.2, 0.25) is 0 Å². The highest BCUT2D eigenvalue weighted by molar-refractivity contribution is 5.77. The van der Waals surface area contributed by atoms with Gasteiger partial charge in [-0.3, -0.25) is 4.79 Å². The third kappa shape index (κ3) is 7.57. The molecule has 6 rings (SSSR count). The molecule has 3 fully saturated rings. The number of amides is 1. The second kappa shape index (κ2) is 15.1. The van der Waals surface area contributed by atoms with Crippen molar-refractivity contribution in [1.29, 1.82) is 0 Å². The van der Waals surface area contributed by atoms with Gasteiger partial charge in [0.05, 0.1) is 37.2 Å². The molecule has 1 aliphatic carbocycles. The van der Waals surface area contributed by atoms with Crippen molar-refractivity contribution in [2.45, 2.75) is 62.9 Å². The van der Waals surface area contributed by atoms with Gasteiger partial charge in [0.2, 0.25) is 5.91 Å². The highest BCUT2D eigenvalue weighted by Gasteiger charge is 2.38. The second-order valence-corrected chi connectivity index (χ2v) is 12.6. The molecule has 9 nitrogen and oxygen atoms in total. The van der Waals surface area contributed by atoms with Crippen LogP contribution < -0.4 is 15.0 Å². The van der Waals surface area contributed by atoms with Crippen LogP contribution in [0, 0.1) is 5.92 Å². The number of carbonyl (C=O) groups excluding carboxylic acids is 1. The molecule has 3 aliphatic heterocycles. The molecule has 44 heavy (non-hydrogen) atoms. The Morgan fingerprint density at radius 2 is 1.77 bits per heavy atom. The van der Waals surface area contributed by atoms with Crippen LogP contribution in [0.4, 0.5) is 5.69 Å². The van der Waals surface area contributed by atoms with Gasteiger partial charge >= 0.3 is 0 Å². The standard InChI is InChI=1S/C35H49N3O6/c1-40-18-5-16-37-17-19-42-30-13-6-25(20-29(30)37)23-43-31-21-36-22-32(44-24-33(39)38-14-3-4-15-38)34(31)26-7-9-27(10-8-26)35(41-2)28-11-12-28/h6-10,13,20,28,31-32,34-36H,3-5,11-12,14-19,21-24H2,1-2H3/t31-,32+,34+,35?/m0/s1. The molecule has 2 aromatic rings. The molecule has 3 heterocycles. The summed E-state index contributed by atoms with van der Waals surface area (Å²) in [6.45, 7) is 6.87. The lowest BCUT2D eigenvalue weighted by Gasteiger charge is -2.39. The molecule has 4 aliphatic rings. The number of hydrogen-bond donors (Lipinski definition) is 1. The SMILES string of the molecule is COCCCN1CCOc2ccc(CO[C@H]3CNC[C@@H](OCC(=O)N4CCCC4)[C@@H]3c3ccc(C(OC)C4CC4)cc3)cc21. The van der Waals surface area contributed by atoms with E-state index in [-0.39, 0.29) is 36.7 Å². The third-order valence-corrected chi connectivity index (χ3v) is 9.55.